The fourth-order valence-electron chi connectivity index (χ4n) is 3.22. The van der Waals surface area contributed by atoms with Crippen LogP contribution in [0.15, 0.2) is 54.6 Å². The Morgan fingerprint density at radius 3 is 2.38 bits per heavy atom. The van der Waals surface area contributed by atoms with Crippen LogP contribution >= 0.6 is 0 Å². The molecular weight excluding hydrogens is 368 g/mol. The summed E-state index contributed by atoms with van der Waals surface area (Å²) >= 11 is 0. The zero-order valence-electron chi connectivity index (χ0n) is 16.6. The van der Waals surface area contributed by atoms with Crippen LogP contribution in [-0.2, 0) is 4.74 Å². The highest BCUT2D eigenvalue weighted by Crippen LogP contribution is 2.32. The van der Waals surface area contributed by atoms with Gasteiger partial charge in [-0.05, 0) is 12.1 Å². The van der Waals surface area contributed by atoms with Crippen molar-refractivity contribution in [3.63, 3.8) is 0 Å². The van der Waals surface area contributed by atoms with Gasteiger partial charge in [-0.1, -0.05) is 30.3 Å². The third-order valence-corrected chi connectivity index (χ3v) is 4.73. The molecule has 7 heteroatoms. The first kappa shape index (κ1) is 19.0. The van der Waals surface area contributed by atoms with E-state index in [9.17, 15) is 0 Å². The minimum atomic E-state index is 0.656. The monoisotopic (exact) mass is 392 g/mol. The minimum absolute atomic E-state index is 0.656. The topological polar surface area (TPSA) is 68.7 Å². The highest BCUT2D eigenvalue weighted by Gasteiger charge is 2.17. The Morgan fingerprint density at radius 1 is 0.897 bits per heavy atom. The molecule has 0 amide bonds. The molecule has 0 atom stereocenters. The maximum absolute atomic E-state index is 5.47. The molecule has 1 aromatic heterocycles. The molecule has 0 radical (unpaired) electrons. The molecule has 2 aromatic carbocycles. The summed E-state index contributed by atoms with van der Waals surface area (Å²) in [5, 5.41) is 3.38. The van der Waals surface area contributed by atoms with Gasteiger partial charge in [0.05, 0.1) is 33.1 Å². The number of rotatable bonds is 6. The number of benzene rings is 2. The van der Waals surface area contributed by atoms with Gasteiger partial charge in [-0.15, -0.1) is 0 Å². The summed E-state index contributed by atoms with van der Waals surface area (Å²) in [5.74, 6) is 2.74. The van der Waals surface area contributed by atoms with Gasteiger partial charge >= 0.3 is 0 Å². The predicted octanol–water partition coefficient (Wildman–Crippen LogP) is 3.74. The Kier molecular flexibility index (Phi) is 5.76. The van der Waals surface area contributed by atoms with Crippen LogP contribution in [-0.4, -0.2) is 50.5 Å². The molecule has 3 aromatic rings. The highest BCUT2D eigenvalue weighted by molar-refractivity contribution is 5.68. The molecular formula is C22H24N4O3. The summed E-state index contributed by atoms with van der Waals surface area (Å²) in [4.78, 5) is 11.7. The smallest absolute Gasteiger partial charge is 0.228 e. The van der Waals surface area contributed by atoms with E-state index in [1.54, 1.807) is 14.2 Å². The zero-order valence-corrected chi connectivity index (χ0v) is 16.6. The van der Waals surface area contributed by atoms with Crippen molar-refractivity contribution in [3.8, 4) is 22.8 Å². The number of aromatic nitrogens is 2. The summed E-state index contributed by atoms with van der Waals surface area (Å²) < 4.78 is 16.2. The molecule has 4 rings (SSSR count). The largest absolute Gasteiger partial charge is 0.493 e. The molecule has 7 nitrogen and oxygen atoms in total. The number of morpholine rings is 1. The third kappa shape index (κ3) is 4.41. The first-order valence-corrected chi connectivity index (χ1v) is 9.53. The Morgan fingerprint density at radius 2 is 1.66 bits per heavy atom. The maximum atomic E-state index is 5.47. The van der Waals surface area contributed by atoms with Crippen molar-refractivity contribution < 1.29 is 14.2 Å². The quantitative estimate of drug-likeness (QED) is 0.685. The molecule has 29 heavy (non-hydrogen) atoms. The molecule has 1 aliphatic rings. The second-order valence-corrected chi connectivity index (χ2v) is 6.60. The van der Waals surface area contributed by atoms with E-state index in [4.69, 9.17) is 24.2 Å². The van der Waals surface area contributed by atoms with Crippen LogP contribution in [0.2, 0.25) is 0 Å². The first-order chi connectivity index (χ1) is 14.3. The lowest BCUT2D eigenvalue weighted by Gasteiger charge is -2.27. The van der Waals surface area contributed by atoms with Crippen molar-refractivity contribution in [2.24, 2.45) is 0 Å². The molecule has 1 fully saturated rings. The SMILES string of the molecule is COc1ccc(Nc2cc(-c3ccccc3)nc(N3CCOCC3)n2)cc1OC. The van der Waals surface area contributed by atoms with E-state index in [1.807, 2.05) is 54.6 Å². The average Bonchev–Trinajstić information content (AvgIpc) is 2.80. The summed E-state index contributed by atoms with van der Waals surface area (Å²) in [6.45, 7) is 2.90. The van der Waals surface area contributed by atoms with E-state index in [1.165, 1.54) is 0 Å². The van der Waals surface area contributed by atoms with E-state index in [0.29, 0.717) is 36.5 Å². The number of nitrogens with zero attached hydrogens (tertiary/aromatic N) is 3. The Hall–Kier alpha value is -3.32. The fraction of sp³-hybridized carbons (Fsp3) is 0.273. The van der Waals surface area contributed by atoms with E-state index in [-0.39, 0.29) is 0 Å². The van der Waals surface area contributed by atoms with Crippen molar-refractivity contribution in [2.45, 2.75) is 0 Å². The number of nitrogens with one attached hydrogen (secondary N) is 1. The highest BCUT2D eigenvalue weighted by atomic mass is 16.5. The molecule has 0 saturated carbocycles. The molecule has 1 saturated heterocycles. The van der Waals surface area contributed by atoms with Gasteiger partial charge < -0.3 is 24.4 Å². The summed E-state index contributed by atoms with van der Waals surface area (Å²) in [5.41, 5.74) is 2.76. The van der Waals surface area contributed by atoms with Crippen LogP contribution in [0.5, 0.6) is 11.5 Å². The van der Waals surface area contributed by atoms with Crippen molar-refractivity contribution in [3.05, 3.63) is 54.6 Å². The molecule has 0 aliphatic carbocycles. The zero-order chi connectivity index (χ0) is 20.1. The van der Waals surface area contributed by atoms with Crippen molar-refractivity contribution in [1.82, 2.24) is 9.97 Å². The number of methoxy groups -OCH3 is 2. The molecule has 0 spiro atoms. The van der Waals surface area contributed by atoms with Crippen LogP contribution in [0.25, 0.3) is 11.3 Å². The maximum Gasteiger partial charge on any atom is 0.228 e. The van der Waals surface area contributed by atoms with Crippen molar-refractivity contribution >= 4 is 17.5 Å². The Bertz CT molecular complexity index is 960. The molecule has 150 valence electrons. The van der Waals surface area contributed by atoms with Gasteiger partial charge in [-0.2, -0.15) is 4.98 Å². The predicted molar refractivity (Wildman–Crippen MR) is 113 cm³/mol. The van der Waals surface area contributed by atoms with Gasteiger partial charge in [0.1, 0.15) is 5.82 Å². The lowest BCUT2D eigenvalue weighted by Crippen LogP contribution is -2.37. The van der Waals surface area contributed by atoms with E-state index >= 15 is 0 Å². The number of anilines is 3. The summed E-state index contributed by atoms with van der Waals surface area (Å²) in [6.07, 6.45) is 0. The van der Waals surface area contributed by atoms with Crippen LogP contribution < -0.4 is 19.7 Å². The Labute approximate surface area is 170 Å². The Balaban J connectivity index is 1.70. The number of hydrogen-bond donors (Lipinski definition) is 1. The molecule has 2 heterocycles. The normalized spacial score (nSPS) is 13.8. The van der Waals surface area contributed by atoms with Gasteiger partial charge in [0.25, 0.3) is 0 Å². The van der Waals surface area contributed by atoms with Gasteiger partial charge in [0, 0.05) is 36.5 Å². The third-order valence-electron chi connectivity index (χ3n) is 4.73. The minimum Gasteiger partial charge on any atom is -0.493 e. The van der Waals surface area contributed by atoms with Crippen LogP contribution in [0.3, 0.4) is 0 Å². The van der Waals surface area contributed by atoms with Crippen LogP contribution in [0, 0.1) is 0 Å². The van der Waals surface area contributed by atoms with Gasteiger partial charge in [-0.25, -0.2) is 4.98 Å². The molecule has 0 unspecified atom stereocenters. The van der Waals surface area contributed by atoms with E-state index in [2.05, 4.69) is 10.2 Å². The second kappa shape index (κ2) is 8.79. The van der Waals surface area contributed by atoms with E-state index in [0.717, 1.165) is 30.0 Å². The van der Waals surface area contributed by atoms with Crippen molar-refractivity contribution in [2.75, 3.05) is 50.7 Å². The lowest BCUT2D eigenvalue weighted by molar-refractivity contribution is 0.122. The average molecular weight is 392 g/mol. The second-order valence-electron chi connectivity index (χ2n) is 6.60. The standard InChI is InChI=1S/C22H24N4O3/c1-27-19-9-8-17(14-20(19)28-2)23-21-15-18(16-6-4-3-5-7-16)24-22(25-21)26-10-12-29-13-11-26/h3-9,14-15H,10-13H2,1-2H3,(H,23,24,25). The van der Waals surface area contributed by atoms with Gasteiger partial charge in [0.2, 0.25) is 5.95 Å². The first-order valence-electron chi connectivity index (χ1n) is 9.53. The fourth-order valence-corrected chi connectivity index (χ4v) is 3.22. The number of ether oxygens (including phenoxy) is 3. The van der Waals surface area contributed by atoms with Crippen LogP contribution in [0.4, 0.5) is 17.5 Å². The summed E-state index contributed by atoms with van der Waals surface area (Å²) in [7, 11) is 3.24. The molecule has 1 N–H and O–H groups in total. The van der Waals surface area contributed by atoms with Crippen LogP contribution in [0.1, 0.15) is 0 Å². The number of hydrogen-bond acceptors (Lipinski definition) is 7. The van der Waals surface area contributed by atoms with Gasteiger partial charge in [0.15, 0.2) is 11.5 Å². The van der Waals surface area contributed by atoms with E-state index < -0.39 is 0 Å². The molecule has 1 aliphatic heterocycles. The summed E-state index contributed by atoms with van der Waals surface area (Å²) in [6, 6.07) is 17.7. The van der Waals surface area contributed by atoms with Crippen molar-refractivity contribution in [1.29, 1.82) is 0 Å². The lowest BCUT2D eigenvalue weighted by atomic mass is 10.1. The van der Waals surface area contributed by atoms with Gasteiger partial charge in [-0.3, -0.25) is 0 Å². The molecule has 0 bridgehead atoms.